The normalized spacial score (nSPS) is 15.5. The minimum atomic E-state index is -0.469. The molecule has 1 aliphatic rings. The number of rotatable bonds is 1. The highest BCUT2D eigenvalue weighted by atomic mass is 16.6. The van der Waals surface area contributed by atoms with Gasteiger partial charge >= 0.3 is 6.09 Å². The second-order valence-corrected chi connectivity index (χ2v) is 7.52. The third-order valence-electron chi connectivity index (χ3n) is 4.29. The number of benzene rings is 1. The smallest absolute Gasteiger partial charge is 0.410 e. The number of nitrogen functional groups attached to an aromatic ring is 1. The van der Waals surface area contributed by atoms with Gasteiger partial charge in [-0.25, -0.2) is 4.79 Å². The Morgan fingerprint density at radius 3 is 2.52 bits per heavy atom. The first-order valence-electron chi connectivity index (χ1n) is 8.62. The van der Waals surface area contributed by atoms with Crippen molar-refractivity contribution < 1.29 is 9.53 Å². The van der Waals surface area contributed by atoms with E-state index in [2.05, 4.69) is 16.8 Å². The molecule has 1 saturated heterocycles. The van der Waals surface area contributed by atoms with Gasteiger partial charge < -0.3 is 20.3 Å². The molecule has 1 amide bonds. The Hall–Kier alpha value is -2.50. The first kappa shape index (κ1) is 17.3. The van der Waals surface area contributed by atoms with E-state index in [0.29, 0.717) is 13.1 Å². The van der Waals surface area contributed by atoms with Gasteiger partial charge in [0.25, 0.3) is 0 Å². The molecule has 2 N–H and O–H groups in total. The molecule has 0 atom stereocenters. The molecule has 6 heteroatoms. The van der Waals surface area contributed by atoms with E-state index in [1.807, 2.05) is 45.2 Å². The van der Waals surface area contributed by atoms with Crippen LogP contribution in [0, 0.1) is 6.92 Å². The SMILES string of the molecule is Cc1cnc2ccc(N)cc2c1N1CCN(C(=O)OC(C)(C)C)CC1. The van der Waals surface area contributed by atoms with Crippen molar-refractivity contribution in [1.82, 2.24) is 9.88 Å². The largest absolute Gasteiger partial charge is 0.444 e. The predicted molar refractivity (Wildman–Crippen MR) is 101 cm³/mol. The first-order valence-corrected chi connectivity index (χ1v) is 8.62. The molecule has 0 saturated carbocycles. The zero-order valence-electron chi connectivity index (χ0n) is 15.4. The maximum absolute atomic E-state index is 12.2. The lowest BCUT2D eigenvalue weighted by atomic mass is 10.1. The number of nitrogens with zero attached hydrogens (tertiary/aromatic N) is 3. The monoisotopic (exact) mass is 342 g/mol. The number of carbonyl (C=O) groups excluding carboxylic acids is 1. The van der Waals surface area contributed by atoms with Crippen LogP contribution >= 0.6 is 0 Å². The van der Waals surface area contributed by atoms with Gasteiger partial charge in [0.05, 0.1) is 11.2 Å². The summed E-state index contributed by atoms with van der Waals surface area (Å²) in [6, 6.07) is 5.80. The number of fused-ring (bicyclic) bond motifs is 1. The lowest BCUT2D eigenvalue weighted by Gasteiger charge is -2.37. The van der Waals surface area contributed by atoms with Gasteiger partial charge in [-0.2, -0.15) is 0 Å². The number of carbonyl (C=O) groups is 1. The molecule has 0 unspecified atom stereocenters. The molecular weight excluding hydrogens is 316 g/mol. The number of aromatic nitrogens is 1. The van der Waals surface area contributed by atoms with Crippen molar-refractivity contribution in [2.24, 2.45) is 0 Å². The van der Waals surface area contributed by atoms with E-state index in [-0.39, 0.29) is 6.09 Å². The molecule has 1 fully saturated rings. The molecule has 2 heterocycles. The summed E-state index contributed by atoms with van der Waals surface area (Å²) >= 11 is 0. The van der Waals surface area contributed by atoms with Crippen LogP contribution in [-0.4, -0.2) is 47.8 Å². The van der Waals surface area contributed by atoms with Crippen LogP contribution in [0.15, 0.2) is 24.4 Å². The van der Waals surface area contributed by atoms with Gasteiger partial charge in [0.2, 0.25) is 0 Å². The molecule has 25 heavy (non-hydrogen) atoms. The summed E-state index contributed by atoms with van der Waals surface area (Å²) in [5.74, 6) is 0. The fourth-order valence-electron chi connectivity index (χ4n) is 3.15. The average molecular weight is 342 g/mol. The van der Waals surface area contributed by atoms with Gasteiger partial charge in [-0.05, 0) is 51.5 Å². The Morgan fingerprint density at radius 2 is 1.88 bits per heavy atom. The highest BCUT2D eigenvalue weighted by Gasteiger charge is 2.27. The van der Waals surface area contributed by atoms with Gasteiger partial charge in [-0.3, -0.25) is 4.98 Å². The van der Waals surface area contributed by atoms with Crippen molar-refractivity contribution in [2.45, 2.75) is 33.3 Å². The number of amides is 1. The van der Waals surface area contributed by atoms with Crippen molar-refractivity contribution in [2.75, 3.05) is 36.8 Å². The van der Waals surface area contributed by atoms with Crippen molar-refractivity contribution in [3.8, 4) is 0 Å². The van der Waals surface area contributed by atoms with Crippen LogP contribution in [-0.2, 0) is 4.74 Å². The van der Waals surface area contributed by atoms with Crippen LogP contribution in [0.4, 0.5) is 16.2 Å². The Labute approximate surface area is 148 Å². The molecule has 134 valence electrons. The summed E-state index contributed by atoms with van der Waals surface area (Å²) in [6.07, 6.45) is 1.65. The summed E-state index contributed by atoms with van der Waals surface area (Å²) in [6.45, 7) is 10.5. The van der Waals surface area contributed by atoms with Crippen LogP contribution in [0.3, 0.4) is 0 Å². The van der Waals surface area contributed by atoms with Gasteiger partial charge in [0, 0.05) is 43.4 Å². The van der Waals surface area contributed by atoms with E-state index in [1.165, 1.54) is 0 Å². The number of anilines is 2. The zero-order chi connectivity index (χ0) is 18.2. The number of hydrogen-bond acceptors (Lipinski definition) is 5. The molecule has 3 rings (SSSR count). The van der Waals surface area contributed by atoms with Gasteiger partial charge in [0.15, 0.2) is 0 Å². The molecule has 0 bridgehead atoms. The number of aryl methyl sites for hydroxylation is 1. The number of nitrogens with two attached hydrogens (primary N) is 1. The minimum absolute atomic E-state index is 0.243. The number of ether oxygens (including phenoxy) is 1. The Kier molecular flexibility index (Phi) is 4.45. The van der Waals surface area contributed by atoms with Crippen molar-refractivity contribution in [1.29, 1.82) is 0 Å². The zero-order valence-corrected chi connectivity index (χ0v) is 15.4. The number of piperazine rings is 1. The Morgan fingerprint density at radius 1 is 1.20 bits per heavy atom. The number of hydrogen-bond donors (Lipinski definition) is 1. The average Bonchev–Trinajstić information content (AvgIpc) is 2.53. The van der Waals surface area contributed by atoms with E-state index >= 15 is 0 Å². The number of pyridine rings is 1. The molecule has 0 radical (unpaired) electrons. The fraction of sp³-hybridized carbons (Fsp3) is 0.474. The predicted octanol–water partition coefficient (Wildman–Crippen LogP) is 3.18. The second kappa shape index (κ2) is 6.43. The van der Waals surface area contributed by atoms with Crippen molar-refractivity contribution in [3.63, 3.8) is 0 Å². The second-order valence-electron chi connectivity index (χ2n) is 7.52. The van der Waals surface area contributed by atoms with Crippen molar-refractivity contribution in [3.05, 3.63) is 30.0 Å². The quantitative estimate of drug-likeness (QED) is 0.806. The summed E-state index contributed by atoms with van der Waals surface area (Å²) in [4.78, 5) is 20.8. The van der Waals surface area contributed by atoms with E-state index in [0.717, 1.165) is 40.9 Å². The molecule has 2 aromatic rings. The van der Waals surface area contributed by atoms with Crippen LogP contribution in [0.2, 0.25) is 0 Å². The van der Waals surface area contributed by atoms with Crippen molar-refractivity contribution >= 4 is 28.4 Å². The standard InChI is InChI=1S/C19H26N4O2/c1-13-12-21-16-6-5-14(20)11-15(16)17(13)22-7-9-23(10-8-22)18(24)25-19(2,3)4/h5-6,11-12H,7-10,20H2,1-4H3. The molecular formula is C19H26N4O2. The summed E-state index contributed by atoms with van der Waals surface area (Å²) in [7, 11) is 0. The van der Waals surface area contributed by atoms with E-state index in [1.54, 1.807) is 4.90 Å². The molecule has 1 aliphatic heterocycles. The Balaban J connectivity index is 1.80. The van der Waals surface area contributed by atoms with Gasteiger partial charge in [-0.1, -0.05) is 0 Å². The molecule has 6 nitrogen and oxygen atoms in total. The summed E-state index contributed by atoms with van der Waals surface area (Å²) in [5, 5.41) is 1.06. The highest BCUT2D eigenvalue weighted by molar-refractivity contribution is 5.95. The first-order chi connectivity index (χ1) is 11.7. The van der Waals surface area contributed by atoms with E-state index in [4.69, 9.17) is 10.5 Å². The van der Waals surface area contributed by atoms with Gasteiger partial charge in [0.1, 0.15) is 5.60 Å². The lowest BCUT2D eigenvalue weighted by molar-refractivity contribution is 0.0240. The molecule has 1 aromatic heterocycles. The van der Waals surface area contributed by atoms with E-state index < -0.39 is 5.60 Å². The Bertz CT molecular complexity index is 785. The fourth-order valence-corrected chi connectivity index (χ4v) is 3.15. The van der Waals surface area contributed by atoms with Crippen LogP contribution in [0.5, 0.6) is 0 Å². The third-order valence-corrected chi connectivity index (χ3v) is 4.29. The van der Waals surface area contributed by atoms with Crippen LogP contribution in [0.25, 0.3) is 10.9 Å². The maximum Gasteiger partial charge on any atom is 0.410 e. The lowest BCUT2D eigenvalue weighted by Crippen LogP contribution is -2.50. The van der Waals surface area contributed by atoms with Crippen LogP contribution in [0.1, 0.15) is 26.3 Å². The maximum atomic E-state index is 12.2. The molecule has 1 aromatic carbocycles. The molecule has 0 spiro atoms. The third kappa shape index (κ3) is 3.78. The van der Waals surface area contributed by atoms with E-state index in [9.17, 15) is 4.79 Å². The van der Waals surface area contributed by atoms with Gasteiger partial charge in [-0.15, -0.1) is 0 Å². The molecule has 0 aliphatic carbocycles. The van der Waals surface area contributed by atoms with Crippen LogP contribution < -0.4 is 10.6 Å². The topological polar surface area (TPSA) is 71.7 Å². The summed E-state index contributed by atoms with van der Waals surface area (Å²) < 4.78 is 5.47. The minimum Gasteiger partial charge on any atom is -0.444 e. The highest BCUT2D eigenvalue weighted by Crippen LogP contribution is 2.31. The summed E-state index contributed by atoms with van der Waals surface area (Å²) in [5.41, 5.74) is 9.44.